The minimum Gasteiger partial charge on any atom is -0.264 e. The Balaban J connectivity index is 0.000000182. The normalized spacial score (nSPS) is 15.1. The number of aromatic amines is 1. The van der Waals surface area contributed by atoms with Gasteiger partial charge in [-0.05, 0) is 86.0 Å². The predicted octanol–water partition coefficient (Wildman–Crippen LogP) is 6.85. The van der Waals surface area contributed by atoms with Crippen LogP contribution in [0.5, 0.6) is 0 Å². The van der Waals surface area contributed by atoms with E-state index in [-0.39, 0.29) is 0 Å². The number of H-pyrrole nitrogens is 1. The zero-order chi connectivity index (χ0) is 22.9. The molecular weight excluding hydrogens is 418 g/mol. The first-order valence-corrected chi connectivity index (χ1v) is 11.8. The molecule has 1 aliphatic rings. The van der Waals surface area contributed by atoms with E-state index in [0.717, 1.165) is 5.56 Å². The van der Waals surface area contributed by atoms with Gasteiger partial charge in [-0.1, -0.05) is 67.6 Å². The van der Waals surface area contributed by atoms with Crippen LogP contribution in [0.1, 0.15) is 36.8 Å². The number of nitrogens with one attached hydrogen (secondary N) is 1. The average Bonchev–Trinajstić information content (AvgIpc) is 3.44. The van der Waals surface area contributed by atoms with Crippen molar-refractivity contribution in [2.75, 3.05) is 0 Å². The SMILES string of the molecule is CC1CCCc2c1ccc1c2ccc2cc(-c3nn[nH]n3)ccc21.c1ccc2cnccc2c1. The minimum atomic E-state index is 0.635. The van der Waals surface area contributed by atoms with Gasteiger partial charge in [-0.15, -0.1) is 10.2 Å². The first-order chi connectivity index (χ1) is 16.8. The van der Waals surface area contributed by atoms with Crippen LogP contribution in [0.15, 0.2) is 85.2 Å². The highest BCUT2D eigenvalue weighted by molar-refractivity contribution is 6.09. The number of pyridine rings is 1. The molecule has 0 fully saturated rings. The molecule has 5 nitrogen and oxygen atoms in total. The first kappa shape index (κ1) is 20.5. The molecule has 1 unspecified atom stereocenters. The zero-order valence-electron chi connectivity index (χ0n) is 19.1. The standard InChI is InChI=1S/C20H18N4.C9H7N/c1-12-3-2-4-17-15(12)9-10-18-16-7-6-14(20-21-23-24-22-20)11-13(16)5-8-19(17)18;1-2-4-9-7-10-6-5-8(9)3-1/h5-12H,2-4H2,1H3,(H,21,22,23,24);1-7H. The van der Waals surface area contributed by atoms with Crippen molar-refractivity contribution in [3.8, 4) is 11.4 Å². The van der Waals surface area contributed by atoms with Crippen molar-refractivity contribution in [3.05, 3.63) is 96.3 Å². The largest absolute Gasteiger partial charge is 0.264 e. The van der Waals surface area contributed by atoms with Gasteiger partial charge in [0.25, 0.3) is 0 Å². The Kier molecular flexibility index (Phi) is 5.22. The average molecular weight is 444 g/mol. The highest BCUT2D eigenvalue weighted by Crippen LogP contribution is 2.38. The summed E-state index contributed by atoms with van der Waals surface area (Å²) in [5.74, 6) is 1.31. The molecule has 0 saturated carbocycles. The van der Waals surface area contributed by atoms with Gasteiger partial charge in [0.2, 0.25) is 5.82 Å². The predicted molar refractivity (Wildman–Crippen MR) is 138 cm³/mol. The molecule has 2 aromatic heterocycles. The summed E-state index contributed by atoms with van der Waals surface area (Å²) in [7, 11) is 0. The Bertz CT molecular complexity index is 1540. The highest BCUT2D eigenvalue weighted by atomic mass is 15.5. The van der Waals surface area contributed by atoms with E-state index >= 15 is 0 Å². The zero-order valence-corrected chi connectivity index (χ0v) is 19.1. The highest BCUT2D eigenvalue weighted by Gasteiger charge is 2.19. The number of aryl methyl sites for hydroxylation is 1. The van der Waals surface area contributed by atoms with Crippen molar-refractivity contribution in [3.63, 3.8) is 0 Å². The lowest BCUT2D eigenvalue weighted by molar-refractivity contribution is 0.593. The molecule has 166 valence electrons. The summed E-state index contributed by atoms with van der Waals surface area (Å²) in [6, 6.07) is 25.7. The lowest BCUT2D eigenvalue weighted by Gasteiger charge is -2.24. The lowest BCUT2D eigenvalue weighted by Crippen LogP contribution is -2.07. The van der Waals surface area contributed by atoms with E-state index in [9.17, 15) is 0 Å². The van der Waals surface area contributed by atoms with Crippen LogP contribution in [0, 0.1) is 0 Å². The maximum Gasteiger partial charge on any atom is 0.204 e. The van der Waals surface area contributed by atoms with Gasteiger partial charge in [-0.3, -0.25) is 4.98 Å². The van der Waals surface area contributed by atoms with Crippen molar-refractivity contribution in [1.82, 2.24) is 25.6 Å². The van der Waals surface area contributed by atoms with E-state index in [0.29, 0.717) is 11.7 Å². The van der Waals surface area contributed by atoms with Gasteiger partial charge in [0.15, 0.2) is 0 Å². The number of tetrazole rings is 1. The molecule has 0 spiro atoms. The van der Waals surface area contributed by atoms with Crippen LogP contribution in [-0.2, 0) is 6.42 Å². The van der Waals surface area contributed by atoms with Gasteiger partial charge in [0.1, 0.15) is 0 Å². The fraction of sp³-hybridized carbons (Fsp3) is 0.172. The molecule has 1 atom stereocenters. The number of nitrogens with zero attached hydrogens (tertiary/aromatic N) is 4. The fourth-order valence-electron chi connectivity index (χ4n) is 5.16. The van der Waals surface area contributed by atoms with Crippen LogP contribution in [0.4, 0.5) is 0 Å². The molecule has 0 bridgehead atoms. The first-order valence-electron chi connectivity index (χ1n) is 11.8. The molecule has 7 rings (SSSR count). The van der Waals surface area contributed by atoms with Crippen molar-refractivity contribution >= 4 is 32.3 Å². The Labute approximate surface area is 197 Å². The maximum atomic E-state index is 4.07. The van der Waals surface area contributed by atoms with E-state index in [1.165, 1.54) is 57.1 Å². The smallest absolute Gasteiger partial charge is 0.204 e. The fourth-order valence-corrected chi connectivity index (χ4v) is 5.16. The third-order valence-electron chi connectivity index (χ3n) is 6.91. The second-order valence-electron chi connectivity index (χ2n) is 8.98. The Morgan fingerprint density at radius 2 is 1.68 bits per heavy atom. The number of benzene rings is 4. The summed E-state index contributed by atoms with van der Waals surface area (Å²) in [4.78, 5) is 4.01. The maximum absolute atomic E-state index is 4.07. The van der Waals surface area contributed by atoms with Crippen LogP contribution < -0.4 is 0 Å². The second-order valence-corrected chi connectivity index (χ2v) is 8.98. The number of rotatable bonds is 1. The third kappa shape index (κ3) is 3.69. The number of aromatic nitrogens is 5. The lowest BCUT2D eigenvalue weighted by atomic mass is 9.81. The third-order valence-corrected chi connectivity index (χ3v) is 6.91. The molecule has 0 aliphatic heterocycles. The van der Waals surface area contributed by atoms with Gasteiger partial charge >= 0.3 is 0 Å². The molecule has 1 aliphatic carbocycles. The Morgan fingerprint density at radius 1 is 0.824 bits per heavy atom. The molecular formula is C29H25N5. The summed E-state index contributed by atoms with van der Waals surface area (Å²) in [6.45, 7) is 2.35. The molecule has 2 heterocycles. The number of fused-ring (bicyclic) bond motifs is 6. The van der Waals surface area contributed by atoms with Crippen LogP contribution in [0.2, 0.25) is 0 Å². The van der Waals surface area contributed by atoms with Crippen molar-refractivity contribution in [2.24, 2.45) is 0 Å². The van der Waals surface area contributed by atoms with Gasteiger partial charge in [0.05, 0.1) is 0 Å². The summed E-state index contributed by atoms with van der Waals surface area (Å²) in [6.07, 6.45) is 7.48. The van der Waals surface area contributed by atoms with Crippen LogP contribution in [-0.4, -0.2) is 25.6 Å². The molecule has 6 aromatic rings. The van der Waals surface area contributed by atoms with E-state index in [1.54, 1.807) is 5.56 Å². The van der Waals surface area contributed by atoms with Crippen molar-refractivity contribution < 1.29 is 0 Å². The quantitative estimate of drug-likeness (QED) is 0.282. The number of hydrogen-bond acceptors (Lipinski definition) is 4. The molecule has 0 saturated heterocycles. The Morgan fingerprint density at radius 3 is 2.53 bits per heavy atom. The van der Waals surface area contributed by atoms with Crippen LogP contribution in [0.25, 0.3) is 43.7 Å². The van der Waals surface area contributed by atoms with Gasteiger partial charge in [-0.2, -0.15) is 5.21 Å². The second kappa shape index (κ2) is 8.67. The van der Waals surface area contributed by atoms with Crippen LogP contribution >= 0.6 is 0 Å². The van der Waals surface area contributed by atoms with Gasteiger partial charge in [-0.25, -0.2) is 0 Å². The monoisotopic (exact) mass is 443 g/mol. The topological polar surface area (TPSA) is 67.3 Å². The van der Waals surface area contributed by atoms with Crippen molar-refractivity contribution in [2.45, 2.75) is 32.1 Å². The van der Waals surface area contributed by atoms with Crippen LogP contribution in [0.3, 0.4) is 0 Å². The molecule has 1 N–H and O–H groups in total. The minimum absolute atomic E-state index is 0.635. The van der Waals surface area contributed by atoms with Crippen molar-refractivity contribution in [1.29, 1.82) is 0 Å². The van der Waals surface area contributed by atoms with E-state index in [2.05, 4.69) is 87.1 Å². The Hall–Kier alpha value is -4.12. The molecule has 4 aromatic carbocycles. The summed E-state index contributed by atoms with van der Waals surface area (Å²) < 4.78 is 0. The molecule has 0 radical (unpaired) electrons. The summed E-state index contributed by atoms with van der Waals surface area (Å²) in [5.41, 5.74) is 4.08. The summed E-state index contributed by atoms with van der Waals surface area (Å²) >= 11 is 0. The van der Waals surface area contributed by atoms with E-state index in [1.807, 2.05) is 30.6 Å². The molecule has 0 amide bonds. The van der Waals surface area contributed by atoms with Gasteiger partial charge < -0.3 is 0 Å². The number of hydrogen-bond donors (Lipinski definition) is 1. The molecule has 5 heteroatoms. The van der Waals surface area contributed by atoms with E-state index in [4.69, 9.17) is 0 Å². The summed E-state index contributed by atoms with van der Waals surface area (Å²) in [5, 5.41) is 22.0. The van der Waals surface area contributed by atoms with E-state index < -0.39 is 0 Å². The van der Waals surface area contributed by atoms with Gasteiger partial charge in [0, 0.05) is 18.0 Å². The molecule has 34 heavy (non-hydrogen) atoms.